The normalized spacial score (nSPS) is 16.4. The minimum atomic E-state index is -1.13. The maximum Gasteiger partial charge on any atom is 0.245 e. The lowest BCUT2D eigenvalue weighted by Crippen LogP contribution is -2.60. The van der Waals surface area contributed by atoms with Crippen LogP contribution in [0.5, 0.6) is 0 Å². The van der Waals surface area contributed by atoms with E-state index in [4.69, 9.17) is 0 Å². The largest absolute Gasteiger partial charge is 0.361 e. The SMILES string of the molecule is Cc1ccc(CC(=O)N[C@@](C)(Cc2c[nH]c3ccccc23)C(=O)NCC2(c3ccccn3)CCCCC2)cc1. The van der Waals surface area contributed by atoms with E-state index in [1.165, 1.54) is 6.42 Å². The van der Waals surface area contributed by atoms with Gasteiger partial charge in [-0.3, -0.25) is 14.6 Å². The number of aryl methyl sites for hydroxylation is 1. The molecule has 2 heterocycles. The minimum Gasteiger partial charge on any atom is -0.361 e. The molecule has 2 aromatic carbocycles. The van der Waals surface area contributed by atoms with Crippen LogP contribution in [0.1, 0.15) is 61.4 Å². The Labute approximate surface area is 230 Å². The number of pyridine rings is 1. The van der Waals surface area contributed by atoms with Crippen molar-refractivity contribution in [1.29, 1.82) is 0 Å². The van der Waals surface area contributed by atoms with Gasteiger partial charge in [-0.2, -0.15) is 0 Å². The zero-order chi connectivity index (χ0) is 27.3. The third-order valence-corrected chi connectivity index (χ3v) is 8.23. The van der Waals surface area contributed by atoms with Gasteiger partial charge in [0.2, 0.25) is 11.8 Å². The van der Waals surface area contributed by atoms with E-state index in [0.29, 0.717) is 13.0 Å². The molecule has 3 N–H and O–H groups in total. The molecule has 2 aromatic heterocycles. The Morgan fingerprint density at radius 3 is 2.46 bits per heavy atom. The quantitative estimate of drug-likeness (QED) is 0.269. The third-order valence-electron chi connectivity index (χ3n) is 8.23. The molecular formula is C33H38N4O2. The Balaban J connectivity index is 1.39. The number of fused-ring (bicyclic) bond motifs is 1. The second-order valence-corrected chi connectivity index (χ2v) is 11.3. The van der Waals surface area contributed by atoms with Crippen LogP contribution in [0.2, 0.25) is 0 Å². The first-order valence-corrected chi connectivity index (χ1v) is 14.0. The van der Waals surface area contributed by atoms with E-state index >= 15 is 0 Å². The van der Waals surface area contributed by atoms with Gasteiger partial charge in [-0.15, -0.1) is 0 Å². The predicted octanol–water partition coefficient (Wildman–Crippen LogP) is 5.55. The molecule has 6 heteroatoms. The molecule has 0 radical (unpaired) electrons. The second kappa shape index (κ2) is 11.4. The topological polar surface area (TPSA) is 86.9 Å². The van der Waals surface area contributed by atoms with Crippen LogP contribution < -0.4 is 10.6 Å². The molecule has 0 saturated heterocycles. The van der Waals surface area contributed by atoms with Crippen molar-refractivity contribution >= 4 is 22.7 Å². The summed E-state index contributed by atoms with van der Waals surface area (Å²) >= 11 is 0. The van der Waals surface area contributed by atoms with Crippen LogP contribution in [0, 0.1) is 6.92 Å². The summed E-state index contributed by atoms with van der Waals surface area (Å²) in [5, 5.41) is 7.44. The van der Waals surface area contributed by atoms with Crippen molar-refractivity contribution < 1.29 is 9.59 Å². The first-order chi connectivity index (χ1) is 18.9. The van der Waals surface area contributed by atoms with Gasteiger partial charge in [-0.05, 0) is 56.0 Å². The number of carbonyl (C=O) groups excluding carboxylic acids is 2. The fraction of sp³-hybridized carbons (Fsp3) is 0.364. The van der Waals surface area contributed by atoms with Gasteiger partial charge in [0.1, 0.15) is 5.54 Å². The molecule has 39 heavy (non-hydrogen) atoms. The summed E-state index contributed by atoms with van der Waals surface area (Å²) in [7, 11) is 0. The Morgan fingerprint density at radius 2 is 1.72 bits per heavy atom. The molecule has 1 aliphatic rings. The molecule has 0 spiro atoms. The van der Waals surface area contributed by atoms with Crippen LogP contribution in [-0.2, 0) is 27.8 Å². The lowest BCUT2D eigenvalue weighted by molar-refractivity contribution is -0.133. The zero-order valence-electron chi connectivity index (χ0n) is 22.9. The van der Waals surface area contributed by atoms with Crippen molar-refractivity contribution in [2.75, 3.05) is 6.54 Å². The summed E-state index contributed by atoms with van der Waals surface area (Å²) in [6, 6.07) is 22.0. The highest BCUT2D eigenvalue weighted by Crippen LogP contribution is 2.38. The number of para-hydroxylation sites is 1. The van der Waals surface area contributed by atoms with E-state index in [9.17, 15) is 9.59 Å². The van der Waals surface area contributed by atoms with Gasteiger partial charge in [-0.25, -0.2) is 0 Å². The van der Waals surface area contributed by atoms with Crippen LogP contribution >= 0.6 is 0 Å². The van der Waals surface area contributed by atoms with Crippen molar-refractivity contribution in [2.24, 2.45) is 0 Å². The Morgan fingerprint density at radius 1 is 0.974 bits per heavy atom. The lowest BCUT2D eigenvalue weighted by atomic mass is 9.71. The Hall–Kier alpha value is -3.93. The van der Waals surface area contributed by atoms with E-state index in [0.717, 1.165) is 59.0 Å². The number of H-pyrrole nitrogens is 1. The lowest BCUT2D eigenvalue weighted by Gasteiger charge is -2.38. The monoisotopic (exact) mass is 522 g/mol. The fourth-order valence-electron chi connectivity index (χ4n) is 5.96. The highest BCUT2D eigenvalue weighted by molar-refractivity contribution is 5.93. The number of aromatic nitrogens is 2. The van der Waals surface area contributed by atoms with Crippen LogP contribution in [0.4, 0.5) is 0 Å². The van der Waals surface area contributed by atoms with Crippen molar-refractivity contribution in [2.45, 2.75) is 69.7 Å². The smallest absolute Gasteiger partial charge is 0.245 e. The molecule has 1 aliphatic carbocycles. The molecule has 1 atom stereocenters. The number of aromatic amines is 1. The van der Waals surface area contributed by atoms with E-state index in [-0.39, 0.29) is 23.7 Å². The van der Waals surface area contributed by atoms with Crippen LogP contribution in [0.15, 0.2) is 79.1 Å². The maximum absolute atomic E-state index is 14.0. The molecule has 5 rings (SSSR count). The molecule has 202 valence electrons. The maximum atomic E-state index is 14.0. The standard InChI is InChI=1S/C33H38N4O2/c1-24-13-15-25(16-14-24)20-30(38)37-32(2,21-26-22-35-28-11-5-4-10-27(26)28)31(39)36-23-33(17-7-3-8-18-33)29-12-6-9-19-34-29/h4-6,9-16,19,22,35H,3,7-8,17-18,20-21,23H2,1-2H3,(H,36,39)(H,37,38)/t32-/m0/s1. The number of hydrogen-bond donors (Lipinski definition) is 3. The van der Waals surface area contributed by atoms with Crippen molar-refractivity contribution in [3.05, 3.63) is 102 Å². The summed E-state index contributed by atoms with van der Waals surface area (Å²) in [5.74, 6) is -0.348. The fourth-order valence-corrected chi connectivity index (χ4v) is 5.96. The van der Waals surface area contributed by atoms with E-state index < -0.39 is 5.54 Å². The van der Waals surface area contributed by atoms with Gasteiger partial charge in [0.15, 0.2) is 0 Å². The van der Waals surface area contributed by atoms with Crippen molar-refractivity contribution in [3.8, 4) is 0 Å². The first-order valence-electron chi connectivity index (χ1n) is 14.0. The first kappa shape index (κ1) is 26.7. The van der Waals surface area contributed by atoms with Crippen LogP contribution in [-0.4, -0.2) is 33.9 Å². The molecule has 0 bridgehead atoms. The molecule has 6 nitrogen and oxygen atoms in total. The van der Waals surface area contributed by atoms with Gasteiger partial charge in [-0.1, -0.05) is 73.4 Å². The van der Waals surface area contributed by atoms with Gasteiger partial charge in [0.25, 0.3) is 0 Å². The van der Waals surface area contributed by atoms with E-state index in [2.05, 4.69) is 26.7 Å². The Bertz CT molecular complexity index is 1420. The summed E-state index contributed by atoms with van der Waals surface area (Å²) in [5.41, 5.74) is 3.78. The Kier molecular flexibility index (Phi) is 7.82. The van der Waals surface area contributed by atoms with Gasteiger partial charge < -0.3 is 15.6 Å². The van der Waals surface area contributed by atoms with Crippen molar-refractivity contribution in [3.63, 3.8) is 0 Å². The molecule has 0 aliphatic heterocycles. The average Bonchev–Trinajstić information content (AvgIpc) is 3.36. The third kappa shape index (κ3) is 6.06. The number of hydrogen-bond acceptors (Lipinski definition) is 3. The molecule has 1 saturated carbocycles. The van der Waals surface area contributed by atoms with Crippen LogP contribution in [0.3, 0.4) is 0 Å². The number of benzene rings is 2. The molecule has 2 amide bonds. The molecule has 4 aromatic rings. The number of amides is 2. The second-order valence-electron chi connectivity index (χ2n) is 11.3. The van der Waals surface area contributed by atoms with Crippen molar-refractivity contribution in [1.82, 2.24) is 20.6 Å². The van der Waals surface area contributed by atoms with E-state index in [1.54, 1.807) is 0 Å². The predicted molar refractivity (Wildman–Crippen MR) is 155 cm³/mol. The summed E-state index contributed by atoms with van der Waals surface area (Å²) < 4.78 is 0. The molecular weight excluding hydrogens is 484 g/mol. The minimum absolute atomic E-state index is 0.173. The number of nitrogens with zero attached hydrogens (tertiary/aromatic N) is 1. The number of carbonyl (C=O) groups is 2. The zero-order valence-corrected chi connectivity index (χ0v) is 22.9. The average molecular weight is 523 g/mol. The highest BCUT2D eigenvalue weighted by Gasteiger charge is 2.40. The summed E-state index contributed by atoms with van der Waals surface area (Å²) in [6.07, 6.45) is 9.79. The molecule has 0 unspecified atom stereocenters. The summed E-state index contributed by atoms with van der Waals surface area (Å²) in [6.45, 7) is 4.36. The van der Waals surface area contributed by atoms with Gasteiger partial charge in [0.05, 0.1) is 6.42 Å². The van der Waals surface area contributed by atoms with E-state index in [1.807, 2.05) is 86.9 Å². The van der Waals surface area contributed by atoms with Gasteiger partial charge in [0, 0.05) is 47.4 Å². The number of nitrogens with one attached hydrogen (secondary N) is 3. The number of rotatable bonds is 9. The van der Waals surface area contributed by atoms with Crippen LogP contribution in [0.25, 0.3) is 10.9 Å². The molecule has 1 fully saturated rings. The summed E-state index contributed by atoms with van der Waals surface area (Å²) in [4.78, 5) is 35.3. The highest BCUT2D eigenvalue weighted by atomic mass is 16.2. The van der Waals surface area contributed by atoms with Gasteiger partial charge >= 0.3 is 0 Å².